The van der Waals surface area contributed by atoms with Crippen LogP contribution in [0.4, 0.5) is 0 Å². The van der Waals surface area contributed by atoms with E-state index in [2.05, 4.69) is 14.4 Å². The van der Waals surface area contributed by atoms with Crippen molar-refractivity contribution < 1.29 is 23.9 Å². The second-order valence-electron chi connectivity index (χ2n) is 5.94. The monoisotopic (exact) mass is 360 g/mol. The SMILES string of the molecule is COC(=O)CCN1CCN(C(=O)/C=C\c2ccc(C(=O)OC)cc2)CC1. The lowest BCUT2D eigenvalue weighted by Gasteiger charge is -2.34. The molecule has 1 fully saturated rings. The molecule has 1 amide bonds. The van der Waals surface area contributed by atoms with Gasteiger partial charge in [-0.15, -0.1) is 0 Å². The molecule has 0 aromatic heterocycles. The summed E-state index contributed by atoms with van der Waals surface area (Å²) < 4.78 is 9.29. The molecular weight excluding hydrogens is 336 g/mol. The maximum Gasteiger partial charge on any atom is 0.337 e. The van der Waals surface area contributed by atoms with Crippen LogP contribution in [-0.4, -0.2) is 74.6 Å². The molecule has 26 heavy (non-hydrogen) atoms. The number of nitrogens with zero attached hydrogens (tertiary/aromatic N) is 2. The predicted octanol–water partition coefficient (Wildman–Crippen LogP) is 1.19. The van der Waals surface area contributed by atoms with Gasteiger partial charge in [-0.1, -0.05) is 12.1 Å². The first-order chi connectivity index (χ1) is 12.5. The highest BCUT2D eigenvalue weighted by molar-refractivity contribution is 5.92. The molecule has 0 bridgehead atoms. The Hall–Kier alpha value is -2.67. The Morgan fingerprint density at radius 2 is 1.65 bits per heavy atom. The van der Waals surface area contributed by atoms with Crippen molar-refractivity contribution in [1.82, 2.24) is 9.80 Å². The molecule has 7 heteroatoms. The molecule has 0 atom stereocenters. The van der Waals surface area contributed by atoms with Gasteiger partial charge in [0.2, 0.25) is 5.91 Å². The van der Waals surface area contributed by atoms with E-state index in [1.54, 1.807) is 35.2 Å². The van der Waals surface area contributed by atoms with Gasteiger partial charge < -0.3 is 14.4 Å². The first-order valence-corrected chi connectivity index (χ1v) is 8.48. The van der Waals surface area contributed by atoms with E-state index in [-0.39, 0.29) is 17.8 Å². The van der Waals surface area contributed by atoms with Crippen LogP contribution in [0.5, 0.6) is 0 Å². The zero-order valence-electron chi connectivity index (χ0n) is 15.1. The van der Waals surface area contributed by atoms with E-state index in [9.17, 15) is 14.4 Å². The standard InChI is InChI=1S/C19H24N2O5/c1-25-18(23)9-10-20-11-13-21(14-12-20)17(22)8-5-15-3-6-16(7-4-15)19(24)26-2/h3-8H,9-14H2,1-2H3/b8-5-. The van der Waals surface area contributed by atoms with Gasteiger partial charge in [0.15, 0.2) is 0 Å². The van der Waals surface area contributed by atoms with E-state index in [4.69, 9.17) is 0 Å². The zero-order chi connectivity index (χ0) is 18.9. The summed E-state index contributed by atoms with van der Waals surface area (Å²) in [5, 5.41) is 0. The fourth-order valence-corrected chi connectivity index (χ4v) is 2.66. The molecule has 1 aliphatic rings. The number of ether oxygens (including phenoxy) is 2. The number of amides is 1. The van der Waals surface area contributed by atoms with Crippen LogP contribution in [0.25, 0.3) is 6.08 Å². The minimum Gasteiger partial charge on any atom is -0.469 e. The molecule has 1 aliphatic heterocycles. The van der Waals surface area contributed by atoms with Gasteiger partial charge in [0.05, 0.1) is 26.2 Å². The summed E-state index contributed by atoms with van der Waals surface area (Å²) >= 11 is 0. The summed E-state index contributed by atoms with van der Waals surface area (Å²) in [6, 6.07) is 6.85. The van der Waals surface area contributed by atoms with Crippen molar-refractivity contribution in [3.63, 3.8) is 0 Å². The average Bonchev–Trinajstić information content (AvgIpc) is 2.70. The molecule has 0 N–H and O–H groups in total. The molecule has 0 spiro atoms. The Kier molecular flexibility index (Phi) is 7.35. The summed E-state index contributed by atoms with van der Waals surface area (Å²) in [5.74, 6) is -0.652. The topological polar surface area (TPSA) is 76.2 Å². The fourth-order valence-electron chi connectivity index (χ4n) is 2.66. The third-order valence-electron chi connectivity index (χ3n) is 4.29. The summed E-state index contributed by atoms with van der Waals surface area (Å²) in [4.78, 5) is 38.8. The number of methoxy groups -OCH3 is 2. The maximum absolute atomic E-state index is 12.3. The predicted molar refractivity (Wildman–Crippen MR) is 96.5 cm³/mol. The van der Waals surface area contributed by atoms with Gasteiger partial charge >= 0.3 is 11.9 Å². The number of carbonyl (C=O) groups is 3. The Bertz CT molecular complexity index is 661. The molecule has 0 aliphatic carbocycles. The smallest absolute Gasteiger partial charge is 0.337 e. The lowest BCUT2D eigenvalue weighted by molar-refractivity contribution is -0.141. The molecule has 0 unspecified atom stereocenters. The summed E-state index contributed by atoms with van der Waals surface area (Å²) in [6.07, 6.45) is 3.64. The van der Waals surface area contributed by atoms with Crippen molar-refractivity contribution in [1.29, 1.82) is 0 Å². The Morgan fingerprint density at radius 1 is 1.00 bits per heavy atom. The van der Waals surface area contributed by atoms with Crippen LogP contribution >= 0.6 is 0 Å². The summed E-state index contributed by atoms with van der Waals surface area (Å²) in [5.41, 5.74) is 1.31. The largest absolute Gasteiger partial charge is 0.469 e. The molecular formula is C19H24N2O5. The van der Waals surface area contributed by atoms with Crippen LogP contribution in [0.15, 0.2) is 30.3 Å². The van der Waals surface area contributed by atoms with Crippen molar-refractivity contribution in [3.8, 4) is 0 Å². The quantitative estimate of drug-likeness (QED) is 0.560. The van der Waals surface area contributed by atoms with Crippen LogP contribution < -0.4 is 0 Å². The summed E-state index contributed by atoms with van der Waals surface area (Å²) in [6.45, 7) is 3.39. The molecule has 0 saturated carbocycles. The van der Waals surface area contributed by atoms with Crippen LogP contribution in [0.1, 0.15) is 22.3 Å². The van der Waals surface area contributed by atoms with Crippen LogP contribution in [-0.2, 0) is 19.1 Å². The number of esters is 2. The van der Waals surface area contributed by atoms with Gasteiger partial charge in [-0.3, -0.25) is 14.5 Å². The van der Waals surface area contributed by atoms with Gasteiger partial charge in [-0.25, -0.2) is 4.79 Å². The Labute approximate surface area is 153 Å². The lowest BCUT2D eigenvalue weighted by atomic mass is 10.1. The van der Waals surface area contributed by atoms with Crippen molar-refractivity contribution in [2.24, 2.45) is 0 Å². The lowest BCUT2D eigenvalue weighted by Crippen LogP contribution is -2.48. The Morgan fingerprint density at radius 3 is 2.23 bits per heavy atom. The van der Waals surface area contributed by atoms with Crippen LogP contribution in [0.3, 0.4) is 0 Å². The number of rotatable bonds is 6. The number of piperazine rings is 1. The molecule has 2 rings (SSSR count). The van der Waals surface area contributed by atoms with E-state index >= 15 is 0 Å². The van der Waals surface area contributed by atoms with Crippen LogP contribution in [0, 0.1) is 0 Å². The van der Waals surface area contributed by atoms with Gasteiger partial charge in [0.25, 0.3) is 0 Å². The molecule has 140 valence electrons. The minimum atomic E-state index is -0.387. The highest BCUT2D eigenvalue weighted by atomic mass is 16.5. The second-order valence-corrected chi connectivity index (χ2v) is 5.94. The first-order valence-electron chi connectivity index (χ1n) is 8.48. The molecule has 7 nitrogen and oxygen atoms in total. The molecule has 0 radical (unpaired) electrons. The minimum absolute atomic E-state index is 0.0466. The van der Waals surface area contributed by atoms with E-state index in [1.807, 2.05) is 0 Å². The van der Waals surface area contributed by atoms with Crippen molar-refractivity contribution in [3.05, 3.63) is 41.5 Å². The van der Waals surface area contributed by atoms with Crippen molar-refractivity contribution in [2.45, 2.75) is 6.42 Å². The second kappa shape index (κ2) is 9.72. The van der Waals surface area contributed by atoms with E-state index in [1.165, 1.54) is 20.3 Å². The van der Waals surface area contributed by atoms with Crippen molar-refractivity contribution in [2.75, 3.05) is 46.9 Å². The maximum atomic E-state index is 12.3. The highest BCUT2D eigenvalue weighted by Gasteiger charge is 2.20. The fraction of sp³-hybridized carbons (Fsp3) is 0.421. The normalized spacial score (nSPS) is 15.1. The van der Waals surface area contributed by atoms with Gasteiger partial charge in [-0.2, -0.15) is 0 Å². The third-order valence-corrected chi connectivity index (χ3v) is 4.29. The van der Waals surface area contributed by atoms with Gasteiger partial charge in [0, 0.05) is 38.8 Å². The zero-order valence-corrected chi connectivity index (χ0v) is 15.1. The van der Waals surface area contributed by atoms with Gasteiger partial charge in [0.1, 0.15) is 0 Å². The number of hydrogen-bond acceptors (Lipinski definition) is 6. The molecule has 1 aromatic carbocycles. The third kappa shape index (κ3) is 5.70. The average molecular weight is 360 g/mol. The van der Waals surface area contributed by atoms with Crippen molar-refractivity contribution >= 4 is 23.9 Å². The molecule has 1 saturated heterocycles. The number of benzene rings is 1. The summed E-state index contributed by atoms with van der Waals surface area (Å²) in [7, 11) is 2.72. The van der Waals surface area contributed by atoms with E-state index < -0.39 is 0 Å². The van der Waals surface area contributed by atoms with Gasteiger partial charge in [-0.05, 0) is 23.8 Å². The number of hydrogen-bond donors (Lipinski definition) is 0. The van der Waals surface area contributed by atoms with Crippen LogP contribution in [0.2, 0.25) is 0 Å². The number of carbonyl (C=O) groups excluding carboxylic acids is 3. The Balaban J connectivity index is 1.80. The van der Waals surface area contributed by atoms with E-state index in [0.717, 1.165) is 18.7 Å². The molecule has 1 heterocycles. The molecule has 1 aromatic rings. The van der Waals surface area contributed by atoms with E-state index in [0.29, 0.717) is 31.6 Å². The first kappa shape index (κ1) is 19.7. The highest BCUT2D eigenvalue weighted by Crippen LogP contribution is 2.09.